The van der Waals surface area contributed by atoms with Gasteiger partial charge in [-0.3, -0.25) is 14.7 Å². The topological polar surface area (TPSA) is 53.4 Å². The van der Waals surface area contributed by atoms with E-state index in [4.69, 9.17) is 16.7 Å². The normalized spacial score (nSPS) is 25.0. The number of pyridine rings is 1. The Morgan fingerprint density at radius 1 is 1.67 bits per heavy atom. The van der Waals surface area contributed by atoms with Crippen molar-refractivity contribution in [1.82, 2.24) is 9.88 Å². The maximum absolute atomic E-state index is 11.0. The smallest absolute Gasteiger partial charge is 0.306 e. The van der Waals surface area contributed by atoms with Crippen LogP contribution in [0.2, 0.25) is 5.02 Å². The molecule has 1 fully saturated rings. The Morgan fingerprint density at radius 2 is 2.44 bits per heavy atom. The number of likely N-dealkylation sites (tertiary alicyclic amines) is 1. The maximum Gasteiger partial charge on any atom is 0.306 e. The molecular weight excluding hydrogens is 252 g/mol. The molecule has 98 valence electrons. The molecule has 0 saturated carbocycles. The van der Waals surface area contributed by atoms with Gasteiger partial charge in [0.1, 0.15) is 0 Å². The number of halogens is 1. The van der Waals surface area contributed by atoms with Gasteiger partial charge < -0.3 is 5.11 Å². The van der Waals surface area contributed by atoms with Crippen LogP contribution >= 0.6 is 11.6 Å². The fourth-order valence-electron chi connectivity index (χ4n) is 2.43. The molecule has 2 rings (SSSR count). The van der Waals surface area contributed by atoms with E-state index < -0.39 is 5.97 Å². The zero-order chi connectivity index (χ0) is 13.1. The third-order valence-corrected chi connectivity index (χ3v) is 3.93. The molecule has 1 aliphatic rings. The molecule has 1 aromatic rings. The van der Waals surface area contributed by atoms with Gasteiger partial charge >= 0.3 is 5.97 Å². The molecule has 4 nitrogen and oxygen atoms in total. The minimum absolute atomic E-state index is 0.204. The second-order valence-electron chi connectivity index (χ2n) is 4.85. The monoisotopic (exact) mass is 268 g/mol. The summed E-state index contributed by atoms with van der Waals surface area (Å²) in [6, 6.07) is 2.18. The number of aromatic nitrogens is 1. The van der Waals surface area contributed by atoms with Crippen molar-refractivity contribution in [2.24, 2.45) is 5.92 Å². The van der Waals surface area contributed by atoms with Crippen molar-refractivity contribution in [3.63, 3.8) is 0 Å². The first-order chi connectivity index (χ1) is 8.58. The average Bonchev–Trinajstić information content (AvgIpc) is 2.34. The zero-order valence-corrected chi connectivity index (χ0v) is 11.1. The third kappa shape index (κ3) is 3.00. The van der Waals surface area contributed by atoms with Gasteiger partial charge in [-0.25, -0.2) is 0 Å². The fraction of sp³-hybridized carbons (Fsp3) is 0.538. The van der Waals surface area contributed by atoms with Crippen LogP contribution in [0, 0.1) is 5.92 Å². The van der Waals surface area contributed by atoms with Crippen molar-refractivity contribution in [3.8, 4) is 0 Å². The second-order valence-corrected chi connectivity index (χ2v) is 5.25. The zero-order valence-electron chi connectivity index (χ0n) is 10.3. The summed E-state index contributed by atoms with van der Waals surface area (Å²) < 4.78 is 0. The molecule has 2 atom stereocenters. The van der Waals surface area contributed by atoms with Crippen molar-refractivity contribution in [2.45, 2.75) is 32.4 Å². The predicted octanol–water partition coefficient (Wildman–Crippen LogP) is 2.42. The van der Waals surface area contributed by atoms with Crippen LogP contribution in [0.5, 0.6) is 0 Å². The number of hydrogen-bond donors (Lipinski definition) is 1. The number of aliphatic carboxylic acids is 1. The highest BCUT2D eigenvalue weighted by molar-refractivity contribution is 6.31. The molecule has 2 heterocycles. The quantitative estimate of drug-likeness (QED) is 0.915. The van der Waals surface area contributed by atoms with E-state index in [1.54, 1.807) is 12.4 Å². The van der Waals surface area contributed by atoms with E-state index in [0.29, 0.717) is 17.9 Å². The highest BCUT2D eigenvalue weighted by Gasteiger charge is 2.29. The molecule has 0 aliphatic carbocycles. The molecule has 5 heteroatoms. The van der Waals surface area contributed by atoms with Gasteiger partial charge in [-0.1, -0.05) is 11.6 Å². The minimum Gasteiger partial charge on any atom is -0.481 e. The van der Waals surface area contributed by atoms with Crippen LogP contribution in [0.4, 0.5) is 0 Å². The van der Waals surface area contributed by atoms with E-state index in [-0.39, 0.29) is 12.0 Å². The lowest BCUT2D eigenvalue weighted by Gasteiger charge is -2.36. The lowest BCUT2D eigenvalue weighted by atomic mass is 9.91. The van der Waals surface area contributed by atoms with Crippen molar-refractivity contribution in [2.75, 3.05) is 6.54 Å². The summed E-state index contributed by atoms with van der Waals surface area (Å²) >= 11 is 6.09. The van der Waals surface area contributed by atoms with E-state index in [1.165, 1.54) is 0 Å². The Hall–Kier alpha value is -1.13. The van der Waals surface area contributed by atoms with Crippen molar-refractivity contribution in [3.05, 3.63) is 29.0 Å². The van der Waals surface area contributed by atoms with E-state index in [0.717, 1.165) is 18.7 Å². The van der Waals surface area contributed by atoms with E-state index >= 15 is 0 Å². The Labute approximate surface area is 112 Å². The van der Waals surface area contributed by atoms with Gasteiger partial charge in [0, 0.05) is 25.0 Å². The van der Waals surface area contributed by atoms with Gasteiger partial charge in [-0.2, -0.15) is 0 Å². The molecule has 0 amide bonds. The number of rotatable bonds is 3. The first kappa shape index (κ1) is 13.3. The number of hydrogen-bond acceptors (Lipinski definition) is 3. The van der Waals surface area contributed by atoms with Crippen LogP contribution in [0.25, 0.3) is 0 Å². The Bertz CT molecular complexity index is 439. The summed E-state index contributed by atoms with van der Waals surface area (Å²) in [7, 11) is 0. The first-order valence-corrected chi connectivity index (χ1v) is 6.51. The molecule has 0 radical (unpaired) electrons. The van der Waals surface area contributed by atoms with E-state index in [1.807, 2.05) is 6.07 Å². The number of carboxylic acid groups (broad SMARTS) is 1. The highest BCUT2D eigenvalue weighted by Crippen LogP contribution is 2.26. The molecule has 1 aromatic heterocycles. The molecule has 1 aliphatic heterocycles. The minimum atomic E-state index is -0.677. The standard InChI is InChI=1S/C13H17ClN2O2/c1-9-6-10(13(17)18)3-5-16(9)8-11-2-4-15-7-12(11)14/h2,4,7,9-10H,3,5-6,8H2,1H3,(H,17,18). The molecule has 0 spiro atoms. The van der Waals surface area contributed by atoms with E-state index in [2.05, 4.69) is 16.8 Å². The third-order valence-electron chi connectivity index (χ3n) is 3.59. The number of piperidine rings is 1. The largest absolute Gasteiger partial charge is 0.481 e. The molecule has 0 aromatic carbocycles. The number of carbonyl (C=O) groups is 1. The second kappa shape index (κ2) is 5.67. The van der Waals surface area contributed by atoms with Gasteiger partial charge in [-0.15, -0.1) is 0 Å². The molecule has 18 heavy (non-hydrogen) atoms. The molecule has 1 N–H and O–H groups in total. The maximum atomic E-state index is 11.0. The summed E-state index contributed by atoms with van der Waals surface area (Å²) in [6.07, 6.45) is 4.79. The number of nitrogens with zero attached hydrogens (tertiary/aromatic N) is 2. The van der Waals surface area contributed by atoms with Crippen molar-refractivity contribution >= 4 is 17.6 Å². The van der Waals surface area contributed by atoms with Crippen LogP contribution in [0.15, 0.2) is 18.5 Å². The van der Waals surface area contributed by atoms with Crippen LogP contribution in [-0.2, 0) is 11.3 Å². The predicted molar refractivity (Wildman–Crippen MR) is 69.5 cm³/mol. The Balaban J connectivity index is 2.00. The van der Waals surface area contributed by atoms with Gasteiger partial charge in [0.2, 0.25) is 0 Å². The molecular formula is C13H17ClN2O2. The Morgan fingerprint density at radius 3 is 3.06 bits per heavy atom. The van der Waals surface area contributed by atoms with Gasteiger partial charge in [0.25, 0.3) is 0 Å². The van der Waals surface area contributed by atoms with Crippen molar-refractivity contribution in [1.29, 1.82) is 0 Å². The summed E-state index contributed by atoms with van der Waals surface area (Å²) in [4.78, 5) is 17.2. The SMILES string of the molecule is CC1CC(C(=O)O)CCN1Cc1ccncc1Cl. The van der Waals surface area contributed by atoms with Crippen molar-refractivity contribution < 1.29 is 9.90 Å². The fourth-order valence-corrected chi connectivity index (χ4v) is 2.61. The molecule has 0 bridgehead atoms. The summed E-state index contributed by atoms with van der Waals surface area (Å²) in [5, 5.41) is 9.70. The van der Waals surface area contributed by atoms with Crippen LogP contribution in [-0.4, -0.2) is 33.5 Å². The van der Waals surface area contributed by atoms with Crippen LogP contribution in [0.3, 0.4) is 0 Å². The van der Waals surface area contributed by atoms with Gasteiger partial charge in [-0.05, 0) is 37.9 Å². The summed E-state index contributed by atoms with van der Waals surface area (Å²) in [5.74, 6) is -0.882. The first-order valence-electron chi connectivity index (χ1n) is 6.13. The average molecular weight is 269 g/mol. The van der Waals surface area contributed by atoms with E-state index in [9.17, 15) is 4.79 Å². The van der Waals surface area contributed by atoms with Crippen LogP contribution in [0.1, 0.15) is 25.3 Å². The van der Waals surface area contributed by atoms with Gasteiger partial charge in [0.15, 0.2) is 0 Å². The van der Waals surface area contributed by atoms with Gasteiger partial charge in [0.05, 0.1) is 10.9 Å². The highest BCUT2D eigenvalue weighted by atomic mass is 35.5. The molecule has 1 saturated heterocycles. The Kier molecular flexibility index (Phi) is 4.19. The lowest BCUT2D eigenvalue weighted by molar-refractivity contribution is -0.144. The lowest BCUT2D eigenvalue weighted by Crippen LogP contribution is -2.42. The van der Waals surface area contributed by atoms with Crippen LogP contribution < -0.4 is 0 Å². The summed E-state index contributed by atoms with van der Waals surface area (Å²) in [5.41, 5.74) is 1.05. The molecule has 2 unspecified atom stereocenters. The summed E-state index contributed by atoms with van der Waals surface area (Å²) in [6.45, 7) is 3.63. The number of carboxylic acids is 1.